The Morgan fingerprint density at radius 2 is 2.15 bits per heavy atom. The Kier molecular flexibility index (Phi) is 4.66. The van der Waals surface area contributed by atoms with E-state index < -0.39 is 0 Å². The van der Waals surface area contributed by atoms with E-state index in [9.17, 15) is 4.79 Å². The maximum absolute atomic E-state index is 12.7. The lowest BCUT2D eigenvalue weighted by atomic mass is 10.1. The summed E-state index contributed by atoms with van der Waals surface area (Å²) in [6.07, 6.45) is 4.57. The number of aromatic nitrogens is 4. The molecule has 3 aromatic rings. The van der Waals surface area contributed by atoms with Crippen LogP contribution in [0.1, 0.15) is 35.1 Å². The summed E-state index contributed by atoms with van der Waals surface area (Å²) in [4.78, 5) is 23.1. The van der Waals surface area contributed by atoms with Crippen LogP contribution in [0.5, 0.6) is 0 Å². The molecule has 0 bridgehead atoms. The van der Waals surface area contributed by atoms with Gasteiger partial charge >= 0.3 is 6.03 Å². The molecule has 4 rings (SSSR count). The fourth-order valence-electron chi connectivity index (χ4n) is 2.78. The van der Waals surface area contributed by atoms with E-state index >= 15 is 0 Å². The number of hydrogen-bond donors (Lipinski definition) is 2. The highest BCUT2D eigenvalue weighted by Gasteiger charge is 2.33. The smallest absolute Gasteiger partial charge is 0.315 e. The Bertz CT molecular complexity index is 869. The molecule has 1 aliphatic carbocycles. The van der Waals surface area contributed by atoms with Gasteiger partial charge in [-0.3, -0.25) is 5.10 Å². The molecule has 0 atom stereocenters. The van der Waals surface area contributed by atoms with Gasteiger partial charge in [0.1, 0.15) is 10.8 Å². The second-order valence-corrected chi connectivity index (χ2v) is 7.40. The average Bonchev–Trinajstić information content (AvgIpc) is 3.18. The Balaban J connectivity index is 1.38. The Labute approximate surface area is 155 Å². The van der Waals surface area contributed by atoms with Crippen molar-refractivity contribution < 1.29 is 4.79 Å². The van der Waals surface area contributed by atoms with E-state index in [0.29, 0.717) is 19.0 Å². The van der Waals surface area contributed by atoms with Crippen molar-refractivity contribution in [3.63, 3.8) is 0 Å². The van der Waals surface area contributed by atoms with Crippen molar-refractivity contribution in [2.45, 2.75) is 38.8 Å². The maximum atomic E-state index is 12.7. The van der Waals surface area contributed by atoms with Crippen molar-refractivity contribution in [2.24, 2.45) is 0 Å². The van der Waals surface area contributed by atoms with Crippen LogP contribution in [0.4, 0.5) is 10.5 Å². The summed E-state index contributed by atoms with van der Waals surface area (Å²) >= 11 is 1.58. The summed E-state index contributed by atoms with van der Waals surface area (Å²) in [5.74, 6) is 1.58. The Morgan fingerprint density at radius 3 is 2.77 bits per heavy atom. The van der Waals surface area contributed by atoms with Gasteiger partial charge in [-0.1, -0.05) is 12.1 Å². The maximum Gasteiger partial charge on any atom is 0.322 e. The lowest BCUT2D eigenvalue weighted by Crippen LogP contribution is -2.36. The van der Waals surface area contributed by atoms with Crippen LogP contribution in [-0.4, -0.2) is 37.1 Å². The summed E-state index contributed by atoms with van der Waals surface area (Å²) < 4.78 is 0. The largest absolute Gasteiger partial charge is 0.322 e. The van der Waals surface area contributed by atoms with Crippen molar-refractivity contribution in [3.8, 4) is 0 Å². The predicted octanol–water partition coefficient (Wildman–Crippen LogP) is 3.36. The Hall–Kier alpha value is -2.74. The quantitative estimate of drug-likeness (QED) is 0.698. The van der Waals surface area contributed by atoms with Gasteiger partial charge in [-0.15, -0.1) is 11.3 Å². The van der Waals surface area contributed by atoms with Crippen LogP contribution in [0.2, 0.25) is 0 Å². The van der Waals surface area contributed by atoms with Gasteiger partial charge in [0.2, 0.25) is 0 Å². The minimum absolute atomic E-state index is 0.0694. The first-order valence-electron chi connectivity index (χ1n) is 8.60. The number of urea groups is 1. The normalized spacial score (nSPS) is 13.6. The molecule has 0 unspecified atom stereocenters. The van der Waals surface area contributed by atoms with Gasteiger partial charge < -0.3 is 10.2 Å². The van der Waals surface area contributed by atoms with E-state index in [1.807, 2.05) is 41.5 Å². The number of benzene rings is 1. The lowest BCUT2D eigenvalue weighted by Gasteiger charge is -2.21. The van der Waals surface area contributed by atoms with E-state index in [2.05, 4.69) is 25.5 Å². The summed E-state index contributed by atoms with van der Waals surface area (Å²) in [6, 6.07) is 8.07. The molecular formula is C18H20N6OS. The molecule has 7 nitrogen and oxygen atoms in total. The highest BCUT2D eigenvalue weighted by Crippen LogP contribution is 2.29. The zero-order valence-electron chi connectivity index (χ0n) is 14.5. The molecule has 2 N–H and O–H groups in total. The summed E-state index contributed by atoms with van der Waals surface area (Å²) in [5, 5.41) is 12.9. The van der Waals surface area contributed by atoms with Crippen molar-refractivity contribution >= 4 is 23.1 Å². The molecule has 26 heavy (non-hydrogen) atoms. The first-order chi connectivity index (χ1) is 12.7. The monoisotopic (exact) mass is 368 g/mol. The molecule has 0 saturated heterocycles. The van der Waals surface area contributed by atoms with E-state index in [1.165, 1.54) is 0 Å². The third-order valence-corrected chi connectivity index (χ3v) is 5.01. The number of amides is 2. The van der Waals surface area contributed by atoms with E-state index in [1.54, 1.807) is 17.5 Å². The number of anilines is 1. The topological polar surface area (TPSA) is 86.8 Å². The van der Waals surface area contributed by atoms with E-state index in [-0.39, 0.29) is 6.03 Å². The first-order valence-corrected chi connectivity index (χ1v) is 9.48. The van der Waals surface area contributed by atoms with E-state index in [4.69, 9.17) is 0 Å². The van der Waals surface area contributed by atoms with Gasteiger partial charge in [-0.05, 0) is 37.5 Å². The molecule has 2 heterocycles. The standard InChI is InChI=1S/C18H20N6OS/c1-12-20-16(23-22-12)10-13-2-4-14(5-3-13)21-18(25)24(15-6-7-15)11-17-19-8-9-26-17/h2-5,8-9,15H,6-7,10-11H2,1H3,(H,21,25)(H,20,22,23). The third-order valence-electron chi connectivity index (χ3n) is 4.25. The van der Waals surface area contributed by atoms with Crippen LogP contribution in [0.3, 0.4) is 0 Å². The molecule has 2 aromatic heterocycles. The molecule has 1 aliphatic rings. The molecule has 2 amide bonds. The van der Waals surface area contributed by atoms with Gasteiger partial charge in [0.05, 0.1) is 6.54 Å². The fraction of sp³-hybridized carbons (Fsp3) is 0.333. The number of carbonyl (C=O) groups is 1. The minimum Gasteiger partial charge on any atom is -0.315 e. The summed E-state index contributed by atoms with van der Waals surface area (Å²) in [7, 11) is 0. The summed E-state index contributed by atoms with van der Waals surface area (Å²) in [5.41, 5.74) is 1.89. The second kappa shape index (κ2) is 7.25. The second-order valence-electron chi connectivity index (χ2n) is 6.43. The number of H-pyrrole nitrogens is 1. The predicted molar refractivity (Wildman–Crippen MR) is 100 cm³/mol. The van der Waals surface area contributed by atoms with Crippen LogP contribution in [0, 0.1) is 6.92 Å². The number of rotatable bonds is 6. The number of aromatic amines is 1. The number of aryl methyl sites for hydroxylation is 1. The molecule has 0 spiro atoms. The van der Waals surface area contributed by atoms with Crippen molar-refractivity contribution in [1.82, 2.24) is 25.1 Å². The summed E-state index contributed by atoms with van der Waals surface area (Å²) in [6.45, 7) is 2.45. The number of nitrogens with one attached hydrogen (secondary N) is 2. The molecule has 1 aromatic carbocycles. The molecule has 134 valence electrons. The van der Waals surface area contributed by atoms with Crippen LogP contribution in [-0.2, 0) is 13.0 Å². The highest BCUT2D eigenvalue weighted by atomic mass is 32.1. The molecule has 1 saturated carbocycles. The zero-order chi connectivity index (χ0) is 17.9. The van der Waals surface area contributed by atoms with Gasteiger partial charge in [-0.25, -0.2) is 14.8 Å². The van der Waals surface area contributed by atoms with Gasteiger partial charge in [-0.2, -0.15) is 5.10 Å². The molecule has 8 heteroatoms. The van der Waals surface area contributed by atoms with Crippen LogP contribution in [0.25, 0.3) is 0 Å². The van der Waals surface area contributed by atoms with Gasteiger partial charge in [0, 0.05) is 29.7 Å². The van der Waals surface area contributed by atoms with Crippen LogP contribution < -0.4 is 5.32 Å². The van der Waals surface area contributed by atoms with Crippen molar-refractivity contribution in [3.05, 3.63) is 58.1 Å². The van der Waals surface area contributed by atoms with Gasteiger partial charge in [0.25, 0.3) is 0 Å². The number of nitrogens with zero attached hydrogens (tertiary/aromatic N) is 4. The van der Waals surface area contributed by atoms with Crippen LogP contribution in [0.15, 0.2) is 35.8 Å². The fourth-order valence-corrected chi connectivity index (χ4v) is 3.40. The first kappa shape index (κ1) is 16.7. The lowest BCUT2D eigenvalue weighted by molar-refractivity contribution is 0.206. The van der Waals surface area contributed by atoms with Crippen LogP contribution >= 0.6 is 11.3 Å². The zero-order valence-corrected chi connectivity index (χ0v) is 15.3. The molecule has 0 radical (unpaired) electrons. The molecular weight excluding hydrogens is 348 g/mol. The molecule has 1 fully saturated rings. The highest BCUT2D eigenvalue weighted by molar-refractivity contribution is 7.09. The van der Waals surface area contributed by atoms with Crippen molar-refractivity contribution in [1.29, 1.82) is 0 Å². The average molecular weight is 368 g/mol. The third kappa shape index (κ3) is 4.08. The minimum atomic E-state index is -0.0694. The molecule has 0 aliphatic heterocycles. The van der Waals surface area contributed by atoms with Crippen molar-refractivity contribution in [2.75, 3.05) is 5.32 Å². The van der Waals surface area contributed by atoms with Gasteiger partial charge in [0.15, 0.2) is 5.82 Å². The number of carbonyl (C=O) groups excluding carboxylic acids is 1. The number of hydrogen-bond acceptors (Lipinski definition) is 5. The number of thiazole rings is 1. The van der Waals surface area contributed by atoms with E-state index in [0.717, 1.165) is 40.7 Å². The Morgan fingerprint density at radius 1 is 1.35 bits per heavy atom. The SMILES string of the molecule is Cc1nc(Cc2ccc(NC(=O)N(Cc3nccs3)C3CC3)cc2)n[nH]1.